The Balaban J connectivity index is 1.78. The van der Waals surface area contributed by atoms with E-state index in [1.54, 1.807) is 0 Å². The maximum Gasteiger partial charge on any atom is 0.0743 e. The molecule has 110 valence electrons. The molecule has 2 N–H and O–H groups in total. The summed E-state index contributed by atoms with van der Waals surface area (Å²) in [6, 6.07) is 1.40. The van der Waals surface area contributed by atoms with E-state index in [-0.39, 0.29) is 0 Å². The molecule has 2 rings (SSSR count). The minimum Gasteiger partial charge on any atom is -0.393 e. The highest BCUT2D eigenvalue weighted by atomic mass is 32.1. The molecular formula is C15H29N3S. The summed E-state index contributed by atoms with van der Waals surface area (Å²) in [5.74, 6) is 0. The number of thiocarbonyl (C=S) groups is 1. The summed E-state index contributed by atoms with van der Waals surface area (Å²) in [5.41, 5.74) is 5.72. The van der Waals surface area contributed by atoms with Crippen LogP contribution >= 0.6 is 12.2 Å². The summed E-state index contributed by atoms with van der Waals surface area (Å²) in [5, 5.41) is 0. The van der Waals surface area contributed by atoms with E-state index in [0.29, 0.717) is 11.0 Å². The van der Waals surface area contributed by atoms with Crippen LogP contribution in [0.3, 0.4) is 0 Å². The molecule has 1 unspecified atom stereocenters. The third kappa shape index (κ3) is 4.40. The first-order chi connectivity index (χ1) is 9.20. The second-order valence-electron chi connectivity index (χ2n) is 6.10. The third-order valence-electron chi connectivity index (χ3n) is 4.83. The lowest BCUT2D eigenvalue weighted by molar-refractivity contribution is 0.0726. The highest BCUT2D eigenvalue weighted by Gasteiger charge is 2.28. The second-order valence-corrected chi connectivity index (χ2v) is 6.62. The Labute approximate surface area is 123 Å². The van der Waals surface area contributed by atoms with E-state index in [4.69, 9.17) is 18.0 Å². The van der Waals surface area contributed by atoms with Crippen molar-refractivity contribution < 1.29 is 0 Å². The van der Waals surface area contributed by atoms with Crippen LogP contribution < -0.4 is 5.73 Å². The molecule has 0 aliphatic carbocycles. The fourth-order valence-electron chi connectivity index (χ4n) is 3.66. The van der Waals surface area contributed by atoms with Gasteiger partial charge in [0.1, 0.15) is 0 Å². The van der Waals surface area contributed by atoms with E-state index in [1.165, 1.54) is 58.3 Å². The molecule has 2 heterocycles. The van der Waals surface area contributed by atoms with Crippen LogP contribution in [0.5, 0.6) is 0 Å². The Morgan fingerprint density at radius 2 is 1.79 bits per heavy atom. The molecule has 0 aromatic rings. The van der Waals surface area contributed by atoms with E-state index in [0.717, 1.165) is 18.9 Å². The normalized spacial score (nSPS) is 25.3. The molecule has 0 aromatic heterocycles. The number of piperidine rings is 2. The van der Waals surface area contributed by atoms with Gasteiger partial charge in [0.25, 0.3) is 0 Å². The summed E-state index contributed by atoms with van der Waals surface area (Å²) in [6.45, 7) is 7.35. The van der Waals surface area contributed by atoms with Crippen molar-refractivity contribution in [1.29, 1.82) is 0 Å². The van der Waals surface area contributed by atoms with Gasteiger partial charge in [0, 0.05) is 18.5 Å². The first kappa shape index (κ1) is 15.2. The summed E-state index contributed by atoms with van der Waals surface area (Å²) in [6.07, 6.45) is 8.94. The lowest BCUT2D eigenvalue weighted by atomic mass is 9.97. The molecule has 19 heavy (non-hydrogen) atoms. The molecule has 1 atom stereocenters. The largest absolute Gasteiger partial charge is 0.393 e. The molecule has 0 amide bonds. The molecule has 2 aliphatic heterocycles. The van der Waals surface area contributed by atoms with Gasteiger partial charge in [0.2, 0.25) is 0 Å². The molecule has 2 saturated heterocycles. The number of likely N-dealkylation sites (tertiary alicyclic amines) is 2. The molecule has 2 fully saturated rings. The number of nitrogens with two attached hydrogens (primary N) is 1. The van der Waals surface area contributed by atoms with Crippen LogP contribution in [0.4, 0.5) is 0 Å². The van der Waals surface area contributed by atoms with Crippen LogP contribution in [0.2, 0.25) is 0 Å². The van der Waals surface area contributed by atoms with Crippen molar-refractivity contribution in [3.63, 3.8) is 0 Å². The van der Waals surface area contributed by atoms with Crippen molar-refractivity contribution in [2.45, 2.75) is 64.0 Å². The Bertz CT molecular complexity index is 281. The van der Waals surface area contributed by atoms with Crippen LogP contribution in [0.15, 0.2) is 0 Å². The Kier molecular flexibility index (Phi) is 6.05. The predicted octanol–water partition coefficient (Wildman–Crippen LogP) is 2.39. The van der Waals surface area contributed by atoms with Crippen molar-refractivity contribution in [3.05, 3.63) is 0 Å². The van der Waals surface area contributed by atoms with Crippen LogP contribution in [-0.2, 0) is 0 Å². The summed E-state index contributed by atoms with van der Waals surface area (Å²) >= 11 is 5.08. The van der Waals surface area contributed by atoms with Crippen LogP contribution in [0.25, 0.3) is 0 Å². The SMILES string of the molecule is CCC(CC(N)=S)N1CCC(N2CCCCC2)CC1. The molecule has 3 nitrogen and oxygen atoms in total. The second kappa shape index (κ2) is 7.55. The zero-order valence-electron chi connectivity index (χ0n) is 12.3. The average molecular weight is 283 g/mol. The van der Waals surface area contributed by atoms with Crippen LogP contribution in [0.1, 0.15) is 51.9 Å². The quantitative estimate of drug-likeness (QED) is 0.785. The maximum atomic E-state index is 5.72. The van der Waals surface area contributed by atoms with Gasteiger partial charge in [0.15, 0.2) is 0 Å². The van der Waals surface area contributed by atoms with Crippen LogP contribution in [-0.4, -0.2) is 53.1 Å². The first-order valence-corrected chi connectivity index (χ1v) is 8.38. The monoisotopic (exact) mass is 283 g/mol. The minimum atomic E-state index is 0.569. The van der Waals surface area contributed by atoms with Crippen LogP contribution in [0, 0.1) is 0 Å². The standard InChI is InChI=1S/C15H29N3S/c1-2-13(12-15(16)19)18-10-6-14(7-11-18)17-8-4-3-5-9-17/h13-14H,2-12H2,1H3,(H2,16,19). The van der Waals surface area contributed by atoms with E-state index in [9.17, 15) is 0 Å². The smallest absolute Gasteiger partial charge is 0.0743 e. The summed E-state index contributed by atoms with van der Waals surface area (Å²) < 4.78 is 0. The zero-order chi connectivity index (χ0) is 13.7. The van der Waals surface area contributed by atoms with Gasteiger partial charge in [-0.05, 0) is 58.3 Å². The highest BCUT2D eigenvalue weighted by molar-refractivity contribution is 7.80. The van der Waals surface area contributed by atoms with Gasteiger partial charge in [-0.3, -0.25) is 4.90 Å². The van der Waals surface area contributed by atoms with Gasteiger partial charge in [-0.25, -0.2) is 0 Å². The number of nitrogens with zero attached hydrogens (tertiary/aromatic N) is 2. The van der Waals surface area contributed by atoms with E-state index in [2.05, 4.69) is 16.7 Å². The lowest BCUT2D eigenvalue weighted by Crippen LogP contribution is -2.49. The van der Waals surface area contributed by atoms with E-state index >= 15 is 0 Å². The molecule has 0 bridgehead atoms. The number of rotatable bonds is 5. The molecule has 0 radical (unpaired) electrons. The third-order valence-corrected chi connectivity index (χ3v) is 5.00. The molecule has 2 aliphatic rings. The highest BCUT2D eigenvalue weighted by Crippen LogP contribution is 2.23. The van der Waals surface area contributed by atoms with Crippen molar-refractivity contribution in [2.24, 2.45) is 5.73 Å². The van der Waals surface area contributed by atoms with Gasteiger partial charge in [-0.2, -0.15) is 0 Å². The van der Waals surface area contributed by atoms with Gasteiger partial charge < -0.3 is 10.6 Å². The van der Waals surface area contributed by atoms with Gasteiger partial charge in [-0.15, -0.1) is 0 Å². The molecule has 0 saturated carbocycles. The van der Waals surface area contributed by atoms with Crippen molar-refractivity contribution in [1.82, 2.24) is 9.80 Å². The summed E-state index contributed by atoms with van der Waals surface area (Å²) in [7, 11) is 0. The zero-order valence-corrected chi connectivity index (χ0v) is 13.1. The molecular weight excluding hydrogens is 254 g/mol. The van der Waals surface area contributed by atoms with Crippen molar-refractivity contribution in [3.8, 4) is 0 Å². The lowest BCUT2D eigenvalue weighted by Gasteiger charge is -2.42. The Hall–Kier alpha value is -0.190. The number of hydrogen-bond acceptors (Lipinski definition) is 3. The Morgan fingerprint density at radius 1 is 1.16 bits per heavy atom. The van der Waals surface area contributed by atoms with Gasteiger partial charge >= 0.3 is 0 Å². The molecule has 0 spiro atoms. The van der Waals surface area contributed by atoms with Crippen molar-refractivity contribution in [2.75, 3.05) is 26.2 Å². The summed E-state index contributed by atoms with van der Waals surface area (Å²) in [4.78, 5) is 6.01. The molecule has 0 aromatic carbocycles. The Morgan fingerprint density at radius 3 is 2.32 bits per heavy atom. The van der Waals surface area contributed by atoms with E-state index < -0.39 is 0 Å². The fourth-order valence-corrected chi connectivity index (χ4v) is 3.86. The van der Waals surface area contributed by atoms with Gasteiger partial charge in [0.05, 0.1) is 4.99 Å². The maximum absolute atomic E-state index is 5.72. The average Bonchev–Trinajstić information content (AvgIpc) is 2.46. The topological polar surface area (TPSA) is 32.5 Å². The van der Waals surface area contributed by atoms with Gasteiger partial charge in [-0.1, -0.05) is 25.6 Å². The van der Waals surface area contributed by atoms with Crippen molar-refractivity contribution >= 4 is 17.2 Å². The predicted molar refractivity (Wildman–Crippen MR) is 85.5 cm³/mol. The first-order valence-electron chi connectivity index (χ1n) is 7.97. The molecule has 4 heteroatoms. The number of hydrogen-bond donors (Lipinski definition) is 1. The van der Waals surface area contributed by atoms with E-state index in [1.807, 2.05) is 0 Å². The fraction of sp³-hybridized carbons (Fsp3) is 0.933. The minimum absolute atomic E-state index is 0.569.